The van der Waals surface area contributed by atoms with Crippen LogP contribution in [0.15, 0.2) is 18.2 Å². The van der Waals surface area contributed by atoms with Gasteiger partial charge in [0.1, 0.15) is 0 Å². The Labute approximate surface area is 114 Å². The summed E-state index contributed by atoms with van der Waals surface area (Å²) in [7, 11) is 0. The number of morpholine rings is 1. The molecule has 0 aliphatic carbocycles. The smallest absolute Gasteiger partial charge is 0.162 e. The van der Waals surface area contributed by atoms with E-state index in [1.807, 2.05) is 19.1 Å². The third-order valence-electron chi connectivity index (χ3n) is 3.58. The van der Waals surface area contributed by atoms with Crippen LogP contribution < -0.4 is 4.74 Å². The molecule has 106 valence electrons. The first kappa shape index (κ1) is 14.2. The van der Waals surface area contributed by atoms with E-state index in [4.69, 9.17) is 9.47 Å². The summed E-state index contributed by atoms with van der Waals surface area (Å²) in [5.74, 6) is 0.840. The SMILES string of the molecule is CCOc1cccc(CN2CCOCC2CC)c1O. The first-order valence-corrected chi connectivity index (χ1v) is 7.01. The van der Waals surface area contributed by atoms with Gasteiger partial charge in [0.2, 0.25) is 0 Å². The van der Waals surface area contributed by atoms with Crippen LogP contribution in [0.5, 0.6) is 11.5 Å². The summed E-state index contributed by atoms with van der Waals surface area (Å²) < 4.78 is 10.9. The lowest BCUT2D eigenvalue weighted by Crippen LogP contribution is -2.44. The molecule has 19 heavy (non-hydrogen) atoms. The number of hydrogen-bond acceptors (Lipinski definition) is 4. The molecule has 4 heteroatoms. The van der Waals surface area contributed by atoms with Crippen LogP contribution in [0.3, 0.4) is 0 Å². The molecule has 1 atom stereocenters. The van der Waals surface area contributed by atoms with Gasteiger partial charge in [-0.2, -0.15) is 0 Å². The topological polar surface area (TPSA) is 41.9 Å². The van der Waals surface area contributed by atoms with E-state index in [0.29, 0.717) is 18.4 Å². The highest BCUT2D eigenvalue weighted by atomic mass is 16.5. The van der Waals surface area contributed by atoms with Gasteiger partial charge in [0.05, 0.1) is 19.8 Å². The lowest BCUT2D eigenvalue weighted by molar-refractivity contribution is -0.0130. The number of rotatable bonds is 5. The molecule has 1 heterocycles. The van der Waals surface area contributed by atoms with Crippen molar-refractivity contribution in [1.29, 1.82) is 0 Å². The molecule has 0 saturated carbocycles. The molecule has 1 unspecified atom stereocenters. The Hall–Kier alpha value is -1.26. The van der Waals surface area contributed by atoms with E-state index < -0.39 is 0 Å². The van der Waals surface area contributed by atoms with E-state index >= 15 is 0 Å². The number of ether oxygens (including phenoxy) is 2. The highest BCUT2D eigenvalue weighted by Crippen LogP contribution is 2.31. The number of phenolic OH excluding ortho intramolecular Hbond substituents is 1. The first-order valence-electron chi connectivity index (χ1n) is 7.01. The van der Waals surface area contributed by atoms with Gasteiger partial charge in [-0.15, -0.1) is 0 Å². The van der Waals surface area contributed by atoms with Gasteiger partial charge in [-0.1, -0.05) is 19.1 Å². The van der Waals surface area contributed by atoms with Crippen LogP contribution in [0.4, 0.5) is 0 Å². The Bertz CT molecular complexity index is 408. The predicted molar refractivity (Wildman–Crippen MR) is 74.6 cm³/mol. The maximum absolute atomic E-state index is 10.2. The highest BCUT2D eigenvalue weighted by Gasteiger charge is 2.22. The summed E-state index contributed by atoms with van der Waals surface area (Å²) in [6.07, 6.45) is 1.06. The average Bonchev–Trinajstić information content (AvgIpc) is 2.44. The average molecular weight is 265 g/mol. The van der Waals surface area contributed by atoms with Gasteiger partial charge in [-0.25, -0.2) is 0 Å². The van der Waals surface area contributed by atoms with E-state index in [9.17, 15) is 5.11 Å². The van der Waals surface area contributed by atoms with E-state index in [-0.39, 0.29) is 5.75 Å². The van der Waals surface area contributed by atoms with Crippen molar-refractivity contribution in [2.75, 3.05) is 26.4 Å². The predicted octanol–water partition coefficient (Wildman–Crippen LogP) is 2.40. The Balaban J connectivity index is 2.11. The minimum absolute atomic E-state index is 0.269. The zero-order valence-electron chi connectivity index (χ0n) is 11.8. The fraction of sp³-hybridized carbons (Fsp3) is 0.600. The van der Waals surface area contributed by atoms with Gasteiger partial charge in [0.25, 0.3) is 0 Å². The van der Waals surface area contributed by atoms with Crippen LogP contribution in [-0.2, 0) is 11.3 Å². The molecular weight excluding hydrogens is 242 g/mol. The second-order valence-corrected chi connectivity index (χ2v) is 4.80. The van der Waals surface area contributed by atoms with E-state index in [2.05, 4.69) is 11.8 Å². The molecule has 1 aromatic rings. The Morgan fingerprint density at radius 1 is 1.42 bits per heavy atom. The Kier molecular flexibility index (Phi) is 5.05. The molecule has 1 N–H and O–H groups in total. The summed E-state index contributed by atoms with van der Waals surface area (Å²) in [5.41, 5.74) is 0.923. The largest absolute Gasteiger partial charge is 0.504 e. The second-order valence-electron chi connectivity index (χ2n) is 4.80. The quantitative estimate of drug-likeness (QED) is 0.887. The summed E-state index contributed by atoms with van der Waals surface area (Å²) in [4.78, 5) is 2.37. The number of hydrogen-bond donors (Lipinski definition) is 1. The number of nitrogens with zero attached hydrogens (tertiary/aromatic N) is 1. The van der Waals surface area contributed by atoms with Crippen molar-refractivity contribution in [2.24, 2.45) is 0 Å². The minimum Gasteiger partial charge on any atom is -0.504 e. The van der Waals surface area contributed by atoms with Gasteiger partial charge >= 0.3 is 0 Å². The maximum Gasteiger partial charge on any atom is 0.162 e. The van der Waals surface area contributed by atoms with Crippen molar-refractivity contribution >= 4 is 0 Å². The molecular formula is C15H23NO3. The monoisotopic (exact) mass is 265 g/mol. The zero-order chi connectivity index (χ0) is 13.7. The van der Waals surface area contributed by atoms with Crippen molar-refractivity contribution < 1.29 is 14.6 Å². The van der Waals surface area contributed by atoms with Crippen molar-refractivity contribution in [3.63, 3.8) is 0 Å². The molecule has 1 fully saturated rings. The van der Waals surface area contributed by atoms with Gasteiger partial charge in [0, 0.05) is 24.7 Å². The molecule has 1 aliphatic heterocycles. The molecule has 0 amide bonds. The molecule has 0 aromatic heterocycles. The summed E-state index contributed by atoms with van der Waals surface area (Å²) >= 11 is 0. The molecule has 2 rings (SSSR count). The summed E-state index contributed by atoms with van der Waals surface area (Å²) in [6.45, 7) is 7.85. The van der Waals surface area contributed by atoms with Crippen molar-refractivity contribution in [1.82, 2.24) is 4.90 Å². The lowest BCUT2D eigenvalue weighted by Gasteiger charge is -2.35. The lowest BCUT2D eigenvalue weighted by atomic mass is 10.1. The molecule has 0 bridgehead atoms. The summed E-state index contributed by atoms with van der Waals surface area (Å²) in [5, 5.41) is 10.2. The van der Waals surface area contributed by atoms with Crippen molar-refractivity contribution in [3.05, 3.63) is 23.8 Å². The summed E-state index contributed by atoms with van der Waals surface area (Å²) in [6, 6.07) is 6.13. The second kappa shape index (κ2) is 6.78. The van der Waals surface area contributed by atoms with Crippen LogP contribution in [0.2, 0.25) is 0 Å². The van der Waals surface area contributed by atoms with Crippen LogP contribution >= 0.6 is 0 Å². The molecule has 1 aromatic carbocycles. The van der Waals surface area contributed by atoms with Crippen LogP contribution in [-0.4, -0.2) is 42.4 Å². The van der Waals surface area contributed by atoms with Gasteiger partial charge in [-0.3, -0.25) is 4.90 Å². The molecule has 0 radical (unpaired) electrons. The number of aromatic hydroxyl groups is 1. The van der Waals surface area contributed by atoms with E-state index in [0.717, 1.165) is 38.3 Å². The van der Waals surface area contributed by atoms with Crippen molar-refractivity contribution in [2.45, 2.75) is 32.9 Å². The van der Waals surface area contributed by atoms with E-state index in [1.165, 1.54) is 0 Å². The van der Waals surface area contributed by atoms with Crippen molar-refractivity contribution in [3.8, 4) is 11.5 Å². The van der Waals surface area contributed by atoms with E-state index in [1.54, 1.807) is 6.07 Å². The standard InChI is InChI=1S/C15H23NO3/c1-3-13-11-18-9-8-16(13)10-12-6-5-7-14(15(12)17)19-4-2/h5-7,13,17H,3-4,8-11H2,1-2H3. The number of para-hydroxylation sites is 1. The maximum atomic E-state index is 10.2. The fourth-order valence-electron chi connectivity index (χ4n) is 2.46. The zero-order valence-corrected chi connectivity index (χ0v) is 11.8. The third kappa shape index (κ3) is 3.39. The highest BCUT2D eigenvalue weighted by molar-refractivity contribution is 5.45. The number of benzene rings is 1. The first-order chi connectivity index (χ1) is 9.26. The van der Waals surface area contributed by atoms with Gasteiger partial charge in [-0.05, 0) is 19.4 Å². The van der Waals surface area contributed by atoms with Gasteiger partial charge in [0.15, 0.2) is 11.5 Å². The Morgan fingerprint density at radius 2 is 2.26 bits per heavy atom. The van der Waals surface area contributed by atoms with Gasteiger partial charge < -0.3 is 14.6 Å². The van der Waals surface area contributed by atoms with Crippen LogP contribution in [0.25, 0.3) is 0 Å². The minimum atomic E-state index is 0.269. The third-order valence-corrected chi connectivity index (χ3v) is 3.58. The molecule has 1 aliphatic rings. The molecule has 4 nitrogen and oxygen atoms in total. The Morgan fingerprint density at radius 3 is 3.00 bits per heavy atom. The molecule has 0 spiro atoms. The van der Waals surface area contributed by atoms with Crippen LogP contribution in [0, 0.1) is 0 Å². The molecule has 1 saturated heterocycles. The fourth-order valence-corrected chi connectivity index (χ4v) is 2.46. The van der Waals surface area contributed by atoms with Crippen LogP contribution in [0.1, 0.15) is 25.8 Å². The normalized spacial score (nSPS) is 20.4. The number of phenols is 1.